The molecule has 1 fully saturated rings. The summed E-state index contributed by atoms with van der Waals surface area (Å²) >= 11 is 0. The number of esters is 1. The van der Waals surface area contributed by atoms with E-state index in [1.807, 2.05) is 0 Å². The van der Waals surface area contributed by atoms with Crippen molar-refractivity contribution in [3.05, 3.63) is 0 Å². The summed E-state index contributed by atoms with van der Waals surface area (Å²) < 4.78 is 9.80. The standard InChI is InChI=1S/C12H20N2O6/c1-2-20-10(15)4-3-5-13-12(18)14-6-7-19-8-9(14)11(16)17/h9H,2-8H2,1H3,(H,13,18)(H,16,17). The van der Waals surface area contributed by atoms with Crippen LogP contribution in [0.2, 0.25) is 0 Å². The molecule has 114 valence electrons. The number of nitrogens with zero attached hydrogens (tertiary/aromatic N) is 1. The van der Waals surface area contributed by atoms with Gasteiger partial charge in [0.25, 0.3) is 0 Å². The number of urea groups is 1. The van der Waals surface area contributed by atoms with Crippen molar-refractivity contribution in [2.75, 3.05) is 32.9 Å². The van der Waals surface area contributed by atoms with Gasteiger partial charge in [0.15, 0.2) is 6.04 Å². The maximum absolute atomic E-state index is 11.9. The van der Waals surface area contributed by atoms with E-state index >= 15 is 0 Å². The Morgan fingerprint density at radius 1 is 1.45 bits per heavy atom. The molecule has 2 N–H and O–H groups in total. The van der Waals surface area contributed by atoms with Gasteiger partial charge >= 0.3 is 18.0 Å². The number of hydrogen-bond donors (Lipinski definition) is 2. The summed E-state index contributed by atoms with van der Waals surface area (Å²) in [5.74, 6) is -1.40. The molecule has 0 aromatic heterocycles. The van der Waals surface area contributed by atoms with Crippen LogP contribution in [0.5, 0.6) is 0 Å². The zero-order valence-corrected chi connectivity index (χ0v) is 11.5. The number of carbonyl (C=O) groups is 3. The molecule has 0 saturated carbocycles. The molecule has 0 bridgehead atoms. The Balaban J connectivity index is 2.30. The third kappa shape index (κ3) is 5.04. The second kappa shape index (κ2) is 8.36. The highest BCUT2D eigenvalue weighted by atomic mass is 16.5. The summed E-state index contributed by atoms with van der Waals surface area (Å²) in [4.78, 5) is 35.2. The lowest BCUT2D eigenvalue weighted by atomic mass is 10.2. The van der Waals surface area contributed by atoms with Crippen LogP contribution in [-0.2, 0) is 19.1 Å². The van der Waals surface area contributed by atoms with E-state index in [0.717, 1.165) is 0 Å². The topological polar surface area (TPSA) is 105 Å². The minimum Gasteiger partial charge on any atom is -0.480 e. The first kappa shape index (κ1) is 16.2. The van der Waals surface area contributed by atoms with E-state index in [1.54, 1.807) is 6.92 Å². The van der Waals surface area contributed by atoms with Crippen LogP contribution in [0.3, 0.4) is 0 Å². The normalized spacial score (nSPS) is 18.4. The van der Waals surface area contributed by atoms with Gasteiger partial charge in [-0.15, -0.1) is 0 Å². The van der Waals surface area contributed by atoms with Crippen molar-refractivity contribution in [1.82, 2.24) is 10.2 Å². The van der Waals surface area contributed by atoms with Gasteiger partial charge in [0.2, 0.25) is 0 Å². The third-order valence-corrected chi connectivity index (χ3v) is 2.81. The number of aliphatic carboxylic acids is 1. The molecular formula is C12H20N2O6. The van der Waals surface area contributed by atoms with Crippen LogP contribution in [0, 0.1) is 0 Å². The maximum Gasteiger partial charge on any atom is 0.328 e. The summed E-state index contributed by atoms with van der Waals surface area (Å²) in [5.41, 5.74) is 0. The Morgan fingerprint density at radius 3 is 2.85 bits per heavy atom. The molecular weight excluding hydrogens is 268 g/mol. The molecule has 1 aliphatic heterocycles. The largest absolute Gasteiger partial charge is 0.480 e. The second-order valence-corrected chi connectivity index (χ2v) is 4.26. The molecule has 1 atom stereocenters. The van der Waals surface area contributed by atoms with Gasteiger partial charge < -0.3 is 24.8 Å². The number of carboxylic acid groups (broad SMARTS) is 1. The SMILES string of the molecule is CCOC(=O)CCCNC(=O)N1CCOCC1C(=O)O. The summed E-state index contributed by atoms with van der Waals surface area (Å²) in [7, 11) is 0. The molecule has 0 aromatic rings. The van der Waals surface area contributed by atoms with E-state index in [1.165, 1.54) is 4.90 Å². The van der Waals surface area contributed by atoms with Crippen molar-refractivity contribution in [1.29, 1.82) is 0 Å². The maximum atomic E-state index is 11.9. The van der Waals surface area contributed by atoms with E-state index in [-0.39, 0.29) is 25.5 Å². The molecule has 0 radical (unpaired) electrons. The minimum atomic E-state index is -1.09. The number of ether oxygens (including phenoxy) is 2. The lowest BCUT2D eigenvalue weighted by molar-refractivity contribution is -0.147. The predicted molar refractivity (Wildman–Crippen MR) is 68.2 cm³/mol. The summed E-state index contributed by atoms with van der Waals surface area (Å²) in [6.45, 7) is 2.90. The van der Waals surface area contributed by atoms with E-state index in [0.29, 0.717) is 26.2 Å². The zero-order valence-electron chi connectivity index (χ0n) is 11.5. The number of carbonyl (C=O) groups excluding carboxylic acids is 2. The van der Waals surface area contributed by atoms with Gasteiger partial charge in [-0.3, -0.25) is 4.79 Å². The van der Waals surface area contributed by atoms with Crippen molar-refractivity contribution >= 4 is 18.0 Å². The summed E-state index contributed by atoms with van der Waals surface area (Å²) in [5, 5.41) is 11.6. The molecule has 8 nitrogen and oxygen atoms in total. The summed E-state index contributed by atoms with van der Waals surface area (Å²) in [6.07, 6.45) is 0.673. The molecule has 1 heterocycles. The number of nitrogens with one attached hydrogen (secondary N) is 1. The first-order valence-corrected chi connectivity index (χ1v) is 6.57. The van der Waals surface area contributed by atoms with Crippen molar-refractivity contribution in [3.8, 4) is 0 Å². The fraction of sp³-hybridized carbons (Fsp3) is 0.750. The Kier molecular flexibility index (Phi) is 6.78. The fourth-order valence-corrected chi connectivity index (χ4v) is 1.81. The number of carboxylic acids is 1. The number of amides is 2. The smallest absolute Gasteiger partial charge is 0.328 e. The van der Waals surface area contributed by atoms with Crippen LogP contribution in [-0.4, -0.2) is 66.9 Å². The fourth-order valence-electron chi connectivity index (χ4n) is 1.81. The van der Waals surface area contributed by atoms with Gasteiger partial charge in [-0.2, -0.15) is 0 Å². The number of morpholine rings is 1. The highest BCUT2D eigenvalue weighted by molar-refractivity contribution is 5.83. The average molecular weight is 288 g/mol. The second-order valence-electron chi connectivity index (χ2n) is 4.26. The van der Waals surface area contributed by atoms with Crippen molar-refractivity contribution in [2.45, 2.75) is 25.8 Å². The van der Waals surface area contributed by atoms with Crippen LogP contribution in [0.15, 0.2) is 0 Å². The van der Waals surface area contributed by atoms with Crippen LogP contribution in [0.25, 0.3) is 0 Å². The molecule has 8 heteroatoms. The van der Waals surface area contributed by atoms with Gasteiger partial charge in [0.1, 0.15) is 0 Å². The van der Waals surface area contributed by atoms with Crippen LogP contribution in [0.1, 0.15) is 19.8 Å². The first-order chi connectivity index (χ1) is 9.56. The molecule has 0 aromatic carbocycles. The van der Waals surface area contributed by atoms with E-state index in [2.05, 4.69) is 5.32 Å². The molecule has 2 amide bonds. The molecule has 1 saturated heterocycles. The molecule has 1 aliphatic rings. The summed E-state index contributed by atoms with van der Waals surface area (Å²) in [6, 6.07) is -1.42. The lowest BCUT2D eigenvalue weighted by Crippen LogP contribution is -2.55. The van der Waals surface area contributed by atoms with E-state index < -0.39 is 18.0 Å². The van der Waals surface area contributed by atoms with Crippen molar-refractivity contribution in [2.24, 2.45) is 0 Å². The van der Waals surface area contributed by atoms with Gasteiger partial charge in [-0.1, -0.05) is 0 Å². The minimum absolute atomic E-state index is 0.00835. The van der Waals surface area contributed by atoms with Gasteiger partial charge in [0.05, 0.1) is 19.8 Å². The molecule has 0 spiro atoms. The monoisotopic (exact) mass is 288 g/mol. The Bertz CT molecular complexity index is 360. The first-order valence-electron chi connectivity index (χ1n) is 6.57. The predicted octanol–water partition coefficient (Wildman–Crippen LogP) is -0.175. The van der Waals surface area contributed by atoms with Gasteiger partial charge in [-0.05, 0) is 13.3 Å². The Morgan fingerprint density at radius 2 is 2.20 bits per heavy atom. The van der Waals surface area contributed by atoms with Gasteiger partial charge in [-0.25, -0.2) is 9.59 Å². The highest BCUT2D eigenvalue weighted by Gasteiger charge is 2.32. The van der Waals surface area contributed by atoms with Crippen molar-refractivity contribution < 1.29 is 29.0 Å². The van der Waals surface area contributed by atoms with E-state index in [4.69, 9.17) is 14.6 Å². The van der Waals surface area contributed by atoms with E-state index in [9.17, 15) is 14.4 Å². The van der Waals surface area contributed by atoms with Gasteiger partial charge in [0, 0.05) is 19.5 Å². The third-order valence-electron chi connectivity index (χ3n) is 2.81. The quantitative estimate of drug-likeness (QED) is 0.519. The Hall–Kier alpha value is -1.83. The lowest BCUT2D eigenvalue weighted by Gasteiger charge is -2.32. The number of rotatable bonds is 6. The molecule has 1 rings (SSSR count). The van der Waals surface area contributed by atoms with Crippen LogP contribution < -0.4 is 5.32 Å². The highest BCUT2D eigenvalue weighted by Crippen LogP contribution is 2.07. The molecule has 20 heavy (non-hydrogen) atoms. The van der Waals surface area contributed by atoms with Crippen LogP contribution in [0.4, 0.5) is 4.79 Å². The Labute approximate surface area is 117 Å². The van der Waals surface area contributed by atoms with Crippen molar-refractivity contribution in [3.63, 3.8) is 0 Å². The molecule has 0 aliphatic carbocycles. The molecule has 1 unspecified atom stereocenters. The average Bonchev–Trinajstić information content (AvgIpc) is 2.43. The number of hydrogen-bond acceptors (Lipinski definition) is 5. The zero-order chi connectivity index (χ0) is 15.0. The van der Waals surface area contributed by atoms with Crippen LogP contribution >= 0.6 is 0 Å².